The Morgan fingerprint density at radius 3 is 1.82 bits per heavy atom. The van der Waals surface area contributed by atoms with Crippen molar-refractivity contribution in [2.45, 2.75) is 41.0 Å². The van der Waals surface area contributed by atoms with E-state index < -0.39 is 23.3 Å². The molecule has 0 heterocycles. The molecule has 7 nitrogen and oxygen atoms in total. The van der Waals surface area contributed by atoms with Gasteiger partial charge in [0.25, 0.3) is 0 Å². The number of carbonyl (C=O) groups excluding carboxylic acids is 3. The van der Waals surface area contributed by atoms with Gasteiger partial charge in [0, 0.05) is 6.92 Å². The van der Waals surface area contributed by atoms with Gasteiger partial charge in [0.05, 0.1) is 19.8 Å². The predicted octanol–water partition coefficient (Wildman–Crippen LogP) is 1.68. The summed E-state index contributed by atoms with van der Waals surface area (Å²) in [5.41, 5.74) is -1.56. The molecule has 0 saturated carbocycles. The first-order valence-electron chi connectivity index (χ1n) is 7.35. The Bertz CT molecular complexity index is 358. The van der Waals surface area contributed by atoms with Crippen molar-refractivity contribution in [2.75, 3.05) is 26.6 Å². The van der Waals surface area contributed by atoms with Crippen molar-refractivity contribution in [2.24, 2.45) is 11.3 Å². The largest absolute Gasteiger partial charge is 0.465 e. The minimum absolute atomic E-state index is 0.0335. The van der Waals surface area contributed by atoms with Crippen molar-refractivity contribution in [1.29, 1.82) is 0 Å². The van der Waals surface area contributed by atoms with Crippen LogP contribution in [0.2, 0.25) is 0 Å². The van der Waals surface area contributed by atoms with Crippen LogP contribution in [0.25, 0.3) is 0 Å². The van der Waals surface area contributed by atoms with E-state index in [1.54, 1.807) is 13.8 Å². The Morgan fingerprint density at radius 2 is 1.45 bits per heavy atom. The Morgan fingerprint density at radius 1 is 0.955 bits per heavy atom. The van der Waals surface area contributed by atoms with Gasteiger partial charge in [-0.05, 0) is 26.2 Å². The van der Waals surface area contributed by atoms with E-state index in [4.69, 9.17) is 14.2 Å². The van der Waals surface area contributed by atoms with Crippen molar-refractivity contribution in [3.63, 3.8) is 0 Å². The summed E-state index contributed by atoms with van der Waals surface area (Å²) in [5, 5.41) is 0. The summed E-state index contributed by atoms with van der Waals surface area (Å²) in [6, 6.07) is 0. The maximum Gasteiger partial charge on any atom is 0.325 e. The fourth-order valence-electron chi connectivity index (χ4n) is 2.00. The van der Waals surface area contributed by atoms with Gasteiger partial charge < -0.3 is 18.9 Å². The van der Waals surface area contributed by atoms with Crippen LogP contribution in [0.3, 0.4) is 0 Å². The van der Waals surface area contributed by atoms with Gasteiger partial charge in [-0.25, -0.2) is 0 Å². The number of hydrogen-bond acceptors (Lipinski definition) is 7. The summed E-state index contributed by atoms with van der Waals surface area (Å²) < 4.78 is 19.9. The lowest BCUT2D eigenvalue weighted by Gasteiger charge is -2.30. The highest BCUT2D eigenvalue weighted by Crippen LogP contribution is 2.31. The topological polar surface area (TPSA) is 88.1 Å². The number of rotatable bonds is 10. The predicted molar refractivity (Wildman–Crippen MR) is 77.7 cm³/mol. The van der Waals surface area contributed by atoms with Gasteiger partial charge >= 0.3 is 17.9 Å². The Balaban J connectivity index is 5.20. The molecule has 0 aliphatic carbocycles. The molecule has 0 saturated heterocycles. The zero-order valence-electron chi connectivity index (χ0n) is 14.0. The molecular weight excluding hydrogens is 292 g/mol. The molecule has 0 radical (unpaired) electrons. The van der Waals surface area contributed by atoms with Crippen LogP contribution in [0.15, 0.2) is 0 Å². The van der Waals surface area contributed by atoms with Gasteiger partial charge in [0.15, 0.2) is 12.2 Å². The third kappa shape index (κ3) is 6.43. The lowest BCUT2D eigenvalue weighted by Crippen LogP contribution is -2.47. The minimum Gasteiger partial charge on any atom is -0.465 e. The van der Waals surface area contributed by atoms with Crippen molar-refractivity contribution in [3.05, 3.63) is 0 Å². The number of ether oxygens (including phenoxy) is 4. The van der Waals surface area contributed by atoms with Gasteiger partial charge in [-0.1, -0.05) is 13.8 Å². The van der Waals surface area contributed by atoms with Crippen LogP contribution in [0.5, 0.6) is 0 Å². The van der Waals surface area contributed by atoms with Crippen LogP contribution in [-0.4, -0.2) is 44.5 Å². The van der Waals surface area contributed by atoms with Crippen LogP contribution in [-0.2, 0) is 33.3 Å². The molecule has 128 valence electrons. The molecule has 0 aliphatic rings. The molecule has 0 aliphatic heterocycles. The smallest absolute Gasteiger partial charge is 0.325 e. The first kappa shape index (κ1) is 20.4. The Kier molecular flexibility index (Phi) is 9.40. The van der Waals surface area contributed by atoms with Gasteiger partial charge in [0.1, 0.15) is 0 Å². The highest BCUT2D eigenvalue weighted by Gasteiger charge is 2.49. The summed E-state index contributed by atoms with van der Waals surface area (Å²) in [6.07, 6.45) is 0.213. The molecule has 0 rings (SSSR count). The molecule has 22 heavy (non-hydrogen) atoms. The average molecular weight is 318 g/mol. The van der Waals surface area contributed by atoms with Gasteiger partial charge in [-0.3, -0.25) is 14.4 Å². The Hall–Kier alpha value is -1.63. The normalized spacial score (nSPS) is 11.2. The van der Waals surface area contributed by atoms with E-state index in [9.17, 15) is 14.4 Å². The fraction of sp³-hybridized carbons (Fsp3) is 0.800. The maximum absolute atomic E-state index is 12.3. The fourth-order valence-corrected chi connectivity index (χ4v) is 2.00. The molecule has 0 aromatic heterocycles. The highest BCUT2D eigenvalue weighted by molar-refractivity contribution is 6.00. The summed E-state index contributed by atoms with van der Waals surface area (Å²) in [6.45, 7) is 7.97. The number of esters is 3. The number of carbonyl (C=O) groups is 3. The molecule has 0 unspecified atom stereocenters. The molecule has 0 bridgehead atoms. The van der Waals surface area contributed by atoms with E-state index in [1.165, 1.54) is 6.92 Å². The summed E-state index contributed by atoms with van der Waals surface area (Å²) in [4.78, 5) is 35.4. The van der Waals surface area contributed by atoms with Crippen molar-refractivity contribution < 1.29 is 33.3 Å². The van der Waals surface area contributed by atoms with Gasteiger partial charge in [-0.15, -0.1) is 0 Å². The van der Waals surface area contributed by atoms with Crippen molar-refractivity contribution in [1.82, 2.24) is 0 Å². The quantitative estimate of drug-likeness (QED) is 0.199. The maximum atomic E-state index is 12.3. The van der Waals surface area contributed by atoms with Crippen LogP contribution in [0.4, 0.5) is 0 Å². The van der Waals surface area contributed by atoms with E-state index in [2.05, 4.69) is 4.74 Å². The van der Waals surface area contributed by atoms with Crippen LogP contribution < -0.4 is 0 Å². The van der Waals surface area contributed by atoms with E-state index in [1.807, 2.05) is 13.8 Å². The summed E-state index contributed by atoms with van der Waals surface area (Å²) >= 11 is 0. The highest BCUT2D eigenvalue weighted by atomic mass is 16.7. The second-order valence-electron chi connectivity index (χ2n) is 5.22. The first-order valence-corrected chi connectivity index (χ1v) is 7.35. The van der Waals surface area contributed by atoms with Crippen LogP contribution in [0.1, 0.15) is 41.0 Å². The standard InChI is InChI=1S/C15H26O7/c1-6-20-13(17)15(8-11(3)4,14(18)21-7-2)9-19-10-22-12(5)16/h11H,6-10H2,1-5H3. The van der Waals surface area contributed by atoms with Crippen LogP contribution >= 0.6 is 0 Å². The van der Waals surface area contributed by atoms with Crippen molar-refractivity contribution >= 4 is 17.9 Å². The van der Waals surface area contributed by atoms with Gasteiger partial charge in [0.2, 0.25) is 0 Å². The van der Waals surface area contributed by atoms with E-state index in [0.29, 0.717) is 0 Å². The molecule has 0 aromatic rings. The Labute approximate surface area is 131 Å². The SMILES string of the molecule is CCOC(=O)C(COCOC(C)=O)(CC(C)C)C(=O)OCC. The van der Waals surface area contributed by atoms with E-state index in [0.717, 1.165) is 0 Å². The average Bonchev–Trinajstić information content (AvgIpc) is 2.41. The second kappa shape index (κ2) is 10.2. The molecule has 7 heteroatoms. The van der Waals surface area contributed by atoms with Crippen LogP contribution in [0, 0.1) is 11.3 Å². The minimum atomic E-state index is -1.56. The molecule has 0 N–H and O–H groups in total. The van der Waals surface area contributed by atoms with E-state index in [-0.39, 0.29) is 39.0 Å². The molecule has 0 aromatic carbocycles. The summed E-state index contributed by atoms with van der Waals surface area (Å²) in [7, 11) is 0. The molecule has 0 atom stereocenters. The van der Waals surface area contributed by atoms with Crippen molar-refractivity contribution in [3.8, 4) is 0 Å². The molecular formula is C15H26O7. The second-order valence-corrected chi connectivity index (χ2v) is 5.22. The zero-order chi connectivity index (χ0) is 17.2. The summed E-state index contributed by atoms with van der Waals surface area (Å²) in [5.74, 6) is -1.86. The van der Waals surface area contributed by atoms with E-state index >= 15 is 0 Å². The lowest BCUT2D eigenvalue weighted by molar-refractivity contribution is -0.183. The molecule has 0 spiro atoms. The third-order valence-electron chi connectivity index (χ3n) is 2.78. The zero-order valence-corrected chi connectivity index (χ0v) is 14.0. The number of hydrogen-bond donors (Lipinski definition) is 0. The monoisotopic (exact) mass is 318 g/mol. The molecule has 0 amide bonds. The lowest BCUT2D eigenvalue weighted by atomic mass is 9.80. The third-order valence-corrected chi connectivity index (χ3v) is 2.78. The molecule has 0 fully saturated rings. The van der Waals surface area contributed by atoms with Gasteiger partial charge in [-0.2, -0.15) is 0 Å². The first-order chi connectivity index (χ1) is 10.3.